The Hall–Kier alpha value is -3.98. The van der Waals surface area contributed by atoms with E-state index in [1.54, 1.807) is 0 Å². The molecule has 1 saturated heterocycles. The van der Waals surface area contributed by atoms with Gasteiger partial charge in [0.15, 0.2) is 18.5 Å². The second-order valence-electron chi connectivity index (χ2n) is 7.30. The van der Waals surface area contributed by atoms with E-state index >= 15 is 0 Å². The van der Waals surface area contributed by atoms with Crippen molar-refractivity contribution in [2.45, 2.75) is 30.7 Å². The van der Waals surface area contributed by atoms with Gasteiger partial charge in [-0.3, -0.25) is 20.2 Å². The third-order valence-electron chi connectivity index (χ3n) is 5.14. The first-order valence-electron chi connectivity index (χ1n) is 10.0. The van der Waals surface area contributed by atoms with E-state index in [1.807, 2.05) is 0 Å². The predicted octanol–water partition coefficient (Wildman–Crippen LogP) is 0.978. The monoisotopic (exact) mass is 492 g/mol. The quantitative estimate of drug-likeness (QED) is 0.301. The molecule has 2 aromatic carbocycles. The molecule has 2 N–H and O–H groups in total. The molecule has 0 aliphatic carbocycles. The number of nitrogens with zero attached hydrogens (tertiary/aromatic N) is 2. The number of rotatable bonds is 8. The van der Waals surface area contributed by atoms with Crippen LogP contribution in [-0.4, -0.2) is 76.4 Å². The van der Waals surface area contributed by atoms with Crippen LogP contribution in [0, 0.1) is 20.2 Å². The van der Waals surface area contributed by atoms with Gasteiger partial charge in [-0.05, 0) is 24.3 Å². The summed E-state index contributed by atoms with van der Waals surface area (Å²) in [6.07, 6.45) is -7.34. The minimum atomic E-state index is -1.71. The van der Waals surface area contributed by atoms with Crippen molar-refractivity contribution in [3.05, 3.63) is 79.9 Å². The molecule has 1 fully saturated rings. The smallest absolute Gasteiger partial charge is 0.338 e. The van der Waals surface area contributed by atoms with Gasteiger partial charge in [0, 0.05) is 31.4 Å². The number of esters is 2. The first-order chi connectivity index (χ1) is 16.7. The fraction of sp³-hybridized carbons (Fsp3) is 0.333. The topological polar surface area (TPSA) is 198 Å². The number of ether oxygens (including phenoxy) is 4. The highest BCUT2D eigenvalue weighted by molar-refractivity contribution is 5.90. The van der Waals surface area contributed by atoms with Crippen LogP contribution in [0.3, 0.4) is 0 Å². The number of carbonyl (C=O) groups excluding carboxylic acids is 2. The number of carbonyl (C=O) groups is 2. The molecule has 0 amide bonds. The summed E-state index contributed by atoms with van der Waals surface area (Å²) in [5.41, 5.74) is -0.646. The summed E-state index contributed by atoms with van der Waals surface area (Å²) in [4.78, 5) is 45.4. The summed E-state index contributed by atoms with van der Waals surface area (Å²) >= 11 is 0. The van der Waals surface area contributed by atoms with Crippen molar-refractivity contribution >= 4 is 23.3 Å². The lowest BCUT2D eigenvalue weighted by molar-refractivity contribution is -0.385. The van der Waals surface area contributed by atoms with Crippen LogP contribution in [0.1, 0.15) is 20.7 Å². The molecule has 35 heavy (non-hydrogen) atoms. The maximum Gasteiger partial charge on any atom is 0.338 e. The molecule has 0 aromatic heterocycles. The number of aliphatic hydroxyl groups is 2. The summed E-state index contributed by atoms with van der Waals surface area (Å²) in [7, 11) is 1.20. The number of methoxy groups -OCH3 is 1. The average molecular weight is 492 g/mol. The van der Waals surface area contributed by atoms with E-state index in [2.05, 4.69) is 0 Å². The standard InChI is InChI=1S/C21H20N2O12/c1-32-21-18(35-20(27)12-4-8-14(9-5-12)23(30)31)16(25)17(15(10-24)33-21)34-19(26)11-2-6-13(7-3-11)22(28)29/h2-9,15-18,21,24-25H,10H2,1H3/t15-,16+,17+,18-,21-/m1/s1. The molecule has 14 nitrogen and oxygen atoms in total. The first-order valence-corrected chi connectivity index (χ1v) is 10.0. The summed E-state index contributed by atoms with van der Waals surface area (Å²) in [6, 6.07) is 8.96. The van der Waals surface area contributed by atoms with Gasteiger partial charge in [0.1, 0.15) is 12.2 Å². The molecule has 0 unspecified atom stereocenters. The highest BCUT2D eigenvalue weighted by Crippen LogP contribution is 2.28. The summed E-state index contributed by atoms with van der Waals surface area (Å²) in [5, 5.41) is 42.1. The van der Waals surface area contributed by atoms with E-state index in [1.165, 1.54) is 7.11 Å². The van der Waals surface area contributed by atoms with Crippen LogP contribution in [0.5, 0.6) is 0 Å². The van der Waals surface area contributed by atoms with Crippen LogP contribution in [0.15, 0.2) is 48.5 Å². The third-order valence-corrected chi connectivity index (χ3v) is 5.14. The molecule has 0 radical (unpaired) electrons. The average Bonchev–Trinajstić information content (AvgIpc) is 2.86. The largest absolute Gasteiger partial charge is 0.453 e. The van der Waals surface area contributed by atoms with Crippen LogP contribution in [0.2, 0.25) is 0 Å². The Bertz CT molecular complexity index is 1000. The van der Waals surface area contributed by atoms with E-state index in [0.717, 1.165) is 48.5 Å². The van der Waals surface area contributed by atoms with E-state index < -0.39 is 59.1 Å². The molecule has 0 spiro atoms. The zero-order valence-corrected chi connectivity index (χ0v) is 18.1. The van der Waals surface area contributed by atoms with E-state index in [0.29, 0.717) is 0 Å². The number of aliphatic hydroxyl groups excluding tert-OH is 2. The molecule has 0 bridgehead atoms. The summed E-state index contributed by atoms with van der Waals surface area (Å²) in [6.45, 7) is -0.696. The Balaban J connectivity index is 1.78. The molecule has 0 saturated carbocycles. The highest BCUT2D eigenvalue weighted by Gasteiger charge is 2.49. The van der Waals surface area contributed by atoms with E-state index in [9.17, 15) is 40.0 Å². The Morgan fingerprint density at radius 3 is 1.69 bits per heavy atom. The minimum Gasteiger partial charge on any atom is -0.453 e. The molecule has 1 heterocycles. The first kappa shape index (κ1) is 25.6. The molecule has 14 heteroatoms. The van der Waals surface area contributed by atoms with Gasteiger partial charge >= 0.3 is 11.9 Å². The highest BCUT2D eigenvalue weighted by atomic mass is 16.7. The Morgan fingerprint density at radius 2 is 1.31 bits per heavy atom. The molecular formula is C21H20N2O12. The van der Waals surface area contributed by atoms with Crippen LogP contribution >= 0.6 is 0 Å². The van der Waals surface area contributed by atoms with Gasteiger partial charge in [-0.25, -0.2) is 9.59 Å². The van der Waals surface area contributed by atoms with Crippen molar-refractivity contribution < 1.29 is 48.6 Å². The summed E-state index contributed by atoms with van der Waals surface area (Å²) in [5.74, 6) is -1.96. The fourth-order valence-electron chi connectivity index (χ4n) is 3.32. The molecule has 2 aromatic rings. The number of hydrogen-bond donors (Lipinski definition) is 2. The van der Waals surface area contributed by atoms with Gasteiger partial charge in [-0.15, -0.1) is 0 Å². The van der Waals surface area contributed by atoms with Crippen LogP contribution in [0.4, 0.5) is 11.4 Å². The van der Waals surface area contributed by atoms with Crippen LogP contribution < -0.4 is 0 Å². The Kier molecular flexibility index (Phi) is 8.03. The van der Waals surface area contributed by atoms with Gasteiger partial charge in [-0.1, -0.05) is 0 Å². The Labute approximate surface area is 196 Å². The normalized spacial score (nSPS) is 23.8. The van der Waals surface area contributed by atoms with Crippen molar-refractivity contribution in [1.29, 1.82) is 0 Å². The maximum atomic E-state index is 12.6. The second-order valence-corrected chi connectivity index (χ2v) is 7.30. The van der Waals surface area contributed by atoms with Crippen molar-refractivity contribution in [3.63, 3.8) is 0 Å². The third kappa shape index (κ3) is 5.75. The van der Waals surface area contributed by atoms with Gasteiger partial charge < -0.3 is 29.2 Å². The van der Waals surface area contributed by atoms with Gasteiger partial charge in [0.05, 0.1) is 27.6 Å². The van der Waals surface area contributed by atoms with Crippen molar-refractivity contribution in [1.82, 2.24) is 0 Å². The zero-order valence-electron chi connectivity index (χ0n) is 18.1. The lowest BCUT2D eigenvalue weighted by Crippen LogP contribution is -2.61. The predicted molar refractivity (Wildman–Crippen MR) is 113 cm³/mol. The number of benzene rings is 2. The number of nitro groups is 2. The Morgan fingerprint density at radius 1 is 0.886 bits per heavy atom. The summed E-state index contributed by atoms with van der Waals surface area (Å²) < 4.78 is 21.2. The van der Waals surface area contributed by atoms with Crippen molar-refractivity contribution in [2.75, 3.05) is 13.7 Å². The molecule has 1 aliphatic heterocycles. The maximum absolute atomic E-state index is 12.6. The van der Waals surface area contributed by atoms with Crippen molar-refractivity contribution in [2.24, 2.45) is 0 Å². The van der Waals surface area contributed by atoms with Gasteiger partial charge in [0.2, 0.25) is 0 Å². The number of hydrogen-bond acceptors (Lipinski definition) is 12. The second kappa shape index (κ2) is 11.0. The number of non-ortho nitro benzene ring substituents is 2. The SMILES string of the molecule is CO[C@@H]1O[C@H](CO)[C@H](OC(=O)c2ccc([N+](=O)[O-])cc2)[C@H](O)[C@H]1OC(=O)c1ccc([N+](=O)[O-])cc1. The van der Waals surface area contributed by atoms with Crippen LogP contribution in [0.25, 0.3) is 0 Å². The number of nitro benzene ring substituents is 2. The fourth-order valence-corrected chi connectivity index (χ4v) is 3.32. The molecule has 3 rings (SSSR count). The van der Waals surface area contributed by atoms with E-state index in [-0.39, 0.29) is 22.5 Å². The van der Waals surface area contributed by atoms with Crippen LogP contribution in [-0.2, 0) is 18.9 Å². The van der Waals surface area contributed by atoms with Gasteiger partial charge in [-0.2, -0.15) is 0 Å². The van der Waals surface area contributed by atoms with E-state index in [4.69, 9.17) is 18.9 Å². The molecule has 5 atom stereocenters. The lowest BCUT2D eigenvalue weighted by atomic mass is 9.98. The molecule has 1 aliphatic rings. The zero-order chi connectivity index (χ0) is 25.7. The molecule has 186 valence electrons. The molecular weight excluding hydrogens is 472 g/mol. The van der Waals surface area contributed by atoms with Gasteiger partial charge in [0.25, 0.3) is 11.4 Å². The lowest BCUT2D eigenvalue weighted by Gasteiger charge is -2.42. The minimum absolute atomic E-state index is 0.0682. The van der Waals surface area contributed by atoms with Crippen molar-refractivity contribution in [3.8, 4) is 0 Å².